The molecule has 0 aromatic heterocycles. The molecule has 0 saturated heterocycles. The summed E-state index contributed by atoms with van der Waals surface area (Å²) in [5, 5.41) is 3.71. The van der Waals surface area contributed by atoms with E-state index in [0.717, 1.165) is 6.54 Å². The van der Waals surface area contributed by atoms with Gasteiger partial charge in [0.2, 0.25) is 0 Å². The van der Waals surface area contributed by atoms with Crippen molar-refractivity contribution in [1.29, 1.82) is 0 Å². The van der Waals surface area contributed by atoms with Gasteiger partial charge >= 0.3 is 0 Å². The summed E-state index contributed by atoms with van der Waals surface area (Å²) in [6.45, 7) is 3.04. The summed E-state index contributed by atoms with van der Waals surface area (Å²) in [4.78, 5) is 13.7. The Morgan fingerprint density at radius 3 is 2.79 bits per heavy atom. The number of likely N-dealkylation sites (N-methyl/N-ethyl adjacent to an activating group) is 2. The lowest BCUT2D eigenvalue weighted by Crippen LogP contribution is -2.40. The standard InChI is InChI=1S/C13H18Cl2N2O2/c1-9(13(18)17(3)8-7-16-2)19-11-6-4-5-10(14)12(11)15/h4-6,9,16H,7-8H2,1-3H3. The Hall–Kier alpha value is -0.970. The monoisotopic (exact) mass is 304 g/mol. The molecule has 0 radical (unpaired) electrons. The van der Waals surface area contributed by atoms with Gasteiger partial charge in [-0.25, -0.2) is 0 Å². The fraction of sp³-hybridized carbons (Fsp3) is 0.462. The Bertz CT molecular complexity index is 441. The van der Waals surface area contributed by atoms with Crippen LogP contribution in [0.5, 0.6) is 5.75 Å². The molecule has 6 heteroatoms. The van der Waals surface area contributed by atoms with Gasteiger partial charge in [-0.1, -0.05) is 29.3 Å². The molecule has 106 valence electrons. The molecule has 4 nitrogen and oxygen atoms in total. The van der Waals surface area contributed by atoms with E-state index in [1.54, 1.807) is 37.1 Å². The molecule has 1 unspecified atom stereocenters. The third-order valence-corrected chi connectivity index (χ3v) is 3.44. The number of halogens is 2. The van der Waals surface area contributed by atoms with E-state index in [9.17, 15) is 4.79 Å². The van der Waals surface area contributed by atoms with Gasteiger partial charge in [-0.15, -0.1) is 0 Å². The van der Waals surface area contributed by atoms with Gasteiger partial charge in [-0.2, -0.15) is 0 Å². The number of hydrogen-bond acceptors (Lipinski definition) is 3. The summed E-state index contributed by atoms with van der Waals surface area (Å²) in [5.74, 6) is 0.309. The van der Waals surface area contributed by atoms with Crippen molar-refractivity contribution in [1.82, 2.24) is 10.2 Å². The minimum Gasteiger partial charge on any atom is -0.479 e. The molecular weight excluding hydrogens is 287 g/mol. The molecule has 1 rings (SSSR count). The Morgan fingerprint density at radius 2 is 2.16 bits per heavy atom. The number of ether oxygens (including phenoxy) is 1. The van der Waals surface area contributed by atoms with Crippen LogP contribution in [0, 0.1) is 0 Å². The zero-order valence-electron chi connectivity index (χ0n) is 11.2. The lowest BCUT2D eigenvalue weighted by Gasteiger charge is -2.22. The van der Waals surface area contributed by atoms with Crippen molar-refractivity contribution in [2.24, 2.45) is 0 Å². The fourth-order valence-electron chi connectivity index (χ4n) is 1.52. The molecule has 1 N–H and O–H groups in total. The molecule has 0 fully saturated rings. The Labute approximate surface area is 123 Å². The van der Waals surface area contributed by atoms with E-state index in [2.05, 4.69) is 5.32 Å². The lowest BCUT2D eigenvalue weighted by atomic mass is 10.3. The maximum absolute atomic E-state index is 12.0. The second kappa shape index (κ2) is 7.58. The molecule has 1 aromatic carbocycles. The third kappa shape index (κ3) is 4.56. The zero-order chi connectivity index (χ0) is 14.4. The first kappa shape index (κ1) is 16.1. The van der Waals surface area contributed by atoms with Gasteiger partial charge in [0, 0.05) is 20.1 Å². The minimum absolute atomic E-state index is 0.105. The highest BCUT2D eigenvalue weighted by atomic mass is 35.5. The van der Waals surface area contributed by atoms with Crippen LogP contribution in [0.15, 0.2) is 18.2 Å². The summed E-state index contributed by atoms with van der Waals surface area (Å²) < 4.78 is 5.56. The number of rotatable bonds is 6. The highest BCUT2D eigenvalue weighted by molar-refractivity contribution is 6.42. The molecule has 0 spiro atoms. The van der Waals surface area contributed by atoms with Crippen LogP contribution < -0.4 is 10.1 Å². The number of carbonyl (C=O) groups excluding carboxylic acids is 1. The number of amides is 1. The van der Waals surface area contributed by atoms with Crippen LogP contribution in [-0.4, -0.2) is 44.1 Å². The Morgan fingerprint density at radius 1 is 1.47 bits per heavy atom. The number of nitrogens with one attached hydrogen (secondary N) is 1. The zero-order valence-corrected chi connectivity index (χ0v) is 12.8. The Kier molecular flexibility index (Phi) is 6.42. The van der Waals surface area contributed by atoms with E-state index in [1.165, 1.54) is 0 Å². The summed E-state index contributed by atoms with van der Waals surface area (Å²) >= 11 is 11.9. The maximum Gasteiger partial charge on any atom is 0.263 e. The van der Waals surface area contributed by atoms with Crippen LogP contribution in [0.2, 0.25) is 10.0 Å². The molecule has 1 aromatic rings. The number of nitrogens with zero attached hydrogens (tertiary/aromatic N) is 1. The summed E-state index contributed by atoms with van der Waals surface area (Å²) in [5.41, 5.74) is 0. The van der Waals surface area contributed by atoms with Crippen LogP contribution in [0.1, 0.15) is 6.92 Å². The quantitative estimate of drug-likeness (QED) is 0.878. The van der Waals surface area contributed by atoms with E-state index < -0.39 is 6.10 Å². The van der Waals surface area contributed by atoms with Crippen molar-refractivity contribution < 1.29 is 9.53 Å². The van der Waals surface area contributed by atoms with Gasteiger partial charge in [0.15, 0.2) is 6.10 Å². The predicted molar refractivity (Wildman–Crippen MR) is 78.1 cm³/mol. The van der Waals surface area contributed by atoms with E-state index in [0.29, 0.717) is 22.3 Å². The topological polar surface area (TPSA) is 41.6 Å². The van der Waals surface area contributed by atoms with E-state index in [1.807, 2.05) is 7.05 Å². The van der Waals surface area contributed by atoms with Crippen molar-refractivity contribution in [2.45, 2.75) is 13.0 Å². The second-order valence-electron chi connectivity index (χ2n) is 4.18. The number of hydrogen-bond donors (Lipinski definition) is 1. The molecule has 1 amide bonds. The van der Waals surface area contributed by atoms with Gasteiger partial charge in [0.25, 0.3) is 5.91 Å². The van der Waals surface area contributed by atoms with Crippen molar-refractivity contribution in [3.8, 4) is 5.75 Å². The fourth-order valence-corrected chi connectivity index (χ4v) is 1.85. The van der Waals surface area contributed by atoms with Gasteiger partial charge in [0.1, 0.15) is 10.8 Å². The van der Waals surface area contributed by atoms with E-state index >= 15 is 0 Å². The lowest BCUT2D eigenvalue weighted by molar-refractivity contribution is -0.136. The van der Waals surface area contributed by atoms with Gasteiger partial charge < -0.3 is 15.0 Å². The maximum atomic E-state index is 12.0. The van der Waals surface area contributed by atoms with Crippen LogP contribution in [-0.2, 0) is 4.79 Å². The van der Waals surface area contributed by atoms with Gasteiger partial charge in [0.05, 0.1) is 5.02 Å². The molecule has 19 heavy (non-hydrogen) atoms. The SMILES string of the molecule is CNCCN(C)C(=O)C(C)Oc1cccc(Cl)c1Cl. The average Bonchev–Trinajstić information content (AvgIpc) is 2.40. The van der Waals surface area contributed by atoms with Gasteiger partial charge in [-0.05, 0) is 26.1 Å². The highest BCUT2D eigenvalue weighted by Crippen LogP contribution is 2.32. The molecule has 0 saturated carbocycles. The van der Waals surface area contributed by atoms with E-state index in [-0.39, 0.29) is 5.91 Å². The van der Waals surface area contributed by atoms with Crippen molar-refractivity contribution in [3.63, 3.8) is 0 Å². The van der Waals surface area contributed by atoms with Crippen LogP contribution >= 0.6 is 23.2 Å². The molecule has 1 atom stereocenters. The van der Waals surface area contributed by atoms with Crippen molar-refractivity contribution in [3.05, 3.63) is 28.2 Å². The number of carbonyl (C=O) groups is 1. The van der Waals surface area contributed by atoms with E-state index in [4.69, 9.17) is 27.9 Å². The molecule has 0 aliphatic carbocycles. The average molecular weight is 305 g/mol. The van der Waals surface area contributed by atoms with Gasteiger partial charge in [-0.3, -0.25) is 4.79 Å². The molecular formula is C13H18Cl2N2O2. The van der Waals surface area contributed by atoms with Crippen LogP contribution in [0.25, 0.3) is 0 Å². The second-order valence-corrected chi connectivity index (χ2v) is 4.96. The van der Waals surface area contributed by atoms with Crippen LogP contribution in [0.3, 0.4) is 0 Å². The smallest absolute Gasteiger partial charge is 0.263 e. The molecule has 0 bridgehead atoms. The highest BCUT2D eigenvalue weighted by Gasteiger charge is 2.20. The Balaban J connectivity index is 2.66. The van der Waals surface area contributed by atoms with Crippen molar-refractivity contribution in [2.75, 3.05) is 27.2 Å². The molecule has 0 aliphatic heterocycles. The number of benzene rings is 1. The molecule has 0 aliphatic rings. The normalized spacial score (nSPS) is 12.1. The summed E-state index contributed by atoms with van der Waals surface area (Å²) in [7, 11) is 3.57. The summed E-state index contributed by atoms with van der Waals surface area (Å²) in [6, 6.07) is 5.08. The third-order valence-electron chi connectivity index (χ3n) is 2.64. The predicted octanol–water partition coefficient (Wildman–Crippen LogP) is 2.44. The minimum atomic E-state index is -0.613. The summed E-state index contributed by atoms with van der Waals surface area (Å²) in [6.07, 6.45) is -0.613. The first-order valence-corrected chi connectivity index (χ1v) is 6.73. The largest absolute Gasteiger partial charge is 0.479 e. The van der Waals surface area contributed by atoms with Crippen molar-refractivity contribution >= 4 is 29.1 Å². The first-order valence-electron chi connectivity index (χ1n) is 5.97. The molecule has 0 heterocycles. The van der Waals surface area contributed by atoms with Crippen LogP contribution in [0.4, 0.5) is 0 Å². The first-order chi connectivity index (χ1) is 8.97.